The zero-order valence-electron chi connectivity index (χ0n) is 11.5. The van der Waals surface area contributed by atoms with E-state index >= 15 is 0 Å². The van der Waals surface area contributed by atoms with Crippen molar-refractivity contribution in [1.29, 1.82) is 0 Å². The van der Waals surface area contributed by atoms with Crippen LogP contribution < -0.4 is 5.32 Å². The number of likely N-dealkylation sites (N-methyl/N-ethyl adjacent to an activating group) is 1. The van der Waals surface area contributed by atoms with Crippen molar-refractivity contribution in [2.45, 2.75) is 44.8 Å². The van der Waals surface area contributed by atoms with Crippen LogP contribution in [0.25, 0.3) is 0 Å². The molecule has 17 heavy (non-hydrogen) atoms. The maximum absolute atomic E-state index is 5.91. The van der Waals surface area contributed by atoms with Crippen LogP contribution in [-0.2, 0) is 4.74 Å². The summed E-state index contributed by atoms with van der Waals surface area (Å²) in [6, 6.07) is 0.481. The van der Waals surface area contributed by atoms with E-state index in [1.54, 1.807) is 0 Å². The number of ether oxygens (including phenoxy) is 1. The summed E-state index contributed by atoms with van der Waals surface area (Å²) in [7, 11) is 2.04. The lowest BCUT2D eigenvalue weighted by molar-refractivity contribution is -0.0466. The Balaban J connectivity index is 2.35. The van der Waals surface area contributed by atoms with E-state index in [0.29, 0.717) is 12.1 Å². The molecule has 0 saturated carbocycles. The lowest BCUT2D eigenvalue weighted by Gasteiger charge is -2.37. The van der Waals surface area contributed by atoms with Crippen LogP contribution in [0.2, 0.25) is 0 Å². The highest BCUT2D eigenvalue weighted by Gasteiger charge is 2.26. The summed E-state index contributed by atoms with van der Waals surface area (Å²) in [6.07, 6.45) is 7.05. The number of nitrogens with zero attached hydrogens (tertiary/aromatic N) is 1. The highest BCUT2D eigenvalue weighted by atomic mass is 16.5. The second kappa shape index (κ2) is 8.67. The third-order valence-corrected chi connectivity index (χ3v) is 3.46. The second-order valence-corrected chi connectivity index (χ2v) is 4.82. The van der Waals surface area contributed by atoms with E-state index < -0.39 is 0 Å². The Hall–Kier alpha value is -0.380. The molecule has 1 aliphatic heterocycles. The topological polar surface area (TPSA) is 24.5 Å². The van der Waals surface area contributed by atoms with Crippen molar-refractivity contribution in [2.24, 2.45) is 0 Å². The summed E-state index contributed by atoms with van der Waals surface area (Å²) in [6.45, 7) is 10.3. The molecule has 1 N–H and O–H groups in total. The maximum Gasteiger partial charge on any atom is 0.0855 e. The van der Waals surface area contributed by atoms with Gasteiger partial charge in [0.05, 0.1) is 12.7 Å². The summed E-state index contributed by atoms with van der Waals surface area (Å²) >= 11 is 0. The van der Waals surface area contributed by atoms with Gasteiger partial charge in [0.1, 0.15) is 0 Å². The molecule has 0 bridgehead atoms. The summed E-state index contributed by atoms with van der Waals surface area (Å²) in [5, 5.41) is 3.41. The molecular weight excluding hydrogens is 212 g/mol. The van der Waals surface area contributed by atoms with Gasteiger partial charge in [-0.3, -0.25) is 4.90 Å². The number of rotatable bonds is 8. The molecular formula is C14H28N2O. The van der Waals surface area contributed by atoms with Gasteiger partial charge in [0, 0.05) is 19.1 Å². The van der Waals surface area contributed by atoms with Gasteiger partial charge < -0.3 is 10.1 Å². The van der Waals surface area contributed by atoms with Crippen LogP contribution in [0, 0.1) is 0 Å². The van der Waals surface area contributed by atoms with Crippen molar-refractivity contribution in [3.8, 4) is 0 Å². The Labute approximate surface area is 106 Å². The van der Waals surface area contributed by atoms with Gasteiger partial charge in [-0.1, -0.05) is 13.0 Å². The minimum atomic E-state index is 0.352. The van der Waals surface area contributed by atoms with Crippen LogP contribution in [0.15, 0.2) is 12.7 Å². The molecule has 3 heteroatoms. The zero-order chi connectivity index (χ0) is 12.5. The van der Waals surface area contributed by atoms with E-state index in [1.807, 2.05) is 13.1 Å². The van der Waals surface area contributed by atoms with Gasteiger partial charge in [-0.15, -0.1) is 6.58 Å². The van der Waals surface area contributed by atoms with Crippen molar-refractivity contribution < 1.29 is 4.74 Å². The summed E-state index contributed by atoms with van der Waals surface area (Å²) in [5.74, 6) is 0. The van der Waals surface area contributed by atoms with Gasteiger partial charge in [0.2, 0.25) is 0 Å². The van der Waals surface area contributed by atoms with Crippen LogP contribution >= 0.6 is 0 Å². The zero-order valence-corrected chi connectivity index (χ0v) is 11.5. The molecule has 1 saturated heterocycles. The molecule has 0 amide bonds. The first-order valence-corrected chi connectivity index (χ1v) is 6.94. The van der Waals surface area contributed by atoms with E-state index in [4.69, 9.17) is 4.74 Å². The van der Waals surface area contributed by atoms with Crippen molar-refractivity contribution in [2.75, 3.05) is 33.3 Å². The molecule has 1 rings (SSSR count). The Morgan fingerprint density at radius 2 is 2.41 bits per heavy atom. The SMILES string of the molecule is C=CCCCC(NC)C1CN(CCC)CCO1. The number of allylic oxidation sites excluding steroid dienone is 1. The van der Waals surface area contributed by atoms with Gasteiger partial charge in [-0.05, 0) is 39.3 Å². The Morgan fingerprint density at radius 1 is 1.59 bits per heavy atom. The summed E-state index contributed by atoms with van der Waals surface area (Å²) in [4.78, 5) is 2.52. The molecule has 0 aromatic carbocycles. The Bertz CT molecular complexity index is 206. The molecule has 1 heterocycles. The summed E-state index contributed by atoms with van der Waals surface area (Å²) < 4.78 is 5.91. The molecule has 0 spiro atoms. The largest absolute Gasteiger partial charge is 0.374 e. The van der Waals surface area contributed by atoms with Gasteiger partial charge >= 0.3 is 0 Å². The van der Waals surface area contributed by atoms with E-state index in [-0.39, 0.29) is 0 Å². The van der Waals surface area contributed by atoms with E-state index in [9.17, 15) is 0 Å². The first-order chi connectivity index (χ1) is 8.31. The molecule has 1 fully saturated rings. The average Bonchev–Trinajstić information content (AvgIpc) is 2.35. The van der Waals surface area contributed by atoms with Gasteiger partial charge in [0.15, 0.2) is 0 Å². The first kappa shape index (κ1) is 14.7. The molecule has 3 nitrogen and oxygen atoms in total. The number of unbranched alkanes of at least 4 members (excludes halogenated alkanes) is 1. The lowest BCUT2D eigenvalue weighted by Crippen LogP contribution is -2.51. The smallest absolute Gasteiger partial charge is 0.0855 e. The number of nitrogens with one attached hydrogen (secondary N) is 1. The van der Waals surface area contributed by atoms with Gasteiger partial charge in [-0.25, -0.2) is 0 Å². The van der Waals surface area contributed by atoms with E-state index in [0.717, 1.165) is 26.1 Å². The third kappa shape index (κ3) is 5.19. The monoisotopic (exact) mass is 240 g/mol. The fourth-order valence-electron chi connectivity index (χ4n) is 2.49. The quantitative estimate of drug-likeness (QED) is 0.519. The Morgan fingerprint density at radius 3 is 3.06 bits per heavy atom. The highest BCUT2D eigenvalue weighted by Crippen LogP contribution is 2.14. The fourth-order valence-corrected chi connectivity index (χ4v) is 2.49. The first-order valence-electron chi connectivity index (χ1n) is 6.94. The van der Waals surface area contributed by atoms with Crippen LogP contribution in [0.3, 0.4) is 0 Å². The third-order valence-electron chi connectivity index (χ3n) is 3.46. The molecule has 1 aliphatic rings. The standard InChI is InChI=1S/C14H28N2O/c1-4-6-7-8-13(15-3)14-12-16(9-5-2)10-11-17-14/h4,13-15H,1,5-12H2,2-3H3. The predicted molar refractivity (Wildman–Crippen MR) is 73.4 cm³/mol. The van der Waals surface area contributed by atoms with Crippen molar-refractivity contribution in [3.05, 3.63) is 12.7 Å². The van der Waals surface area contributed by atoms with Gasteiger partial charge in [-0.2, -0.15) is 0 Å². The number of morpholine rings is 1. The molecule has 2 unspecified atom stereocenters. The number of hydrogen-bond acceptors (Lipinski definition) is 3. The molecule has 100 valence electrons. The normalized spacial score (nSPS) is 23.5. The molecule has 0 aromatic rings. The minimum Gasteiger partial charge on any atom is -0.374 e. The van der Waals surface area contributed by atoms with E-state index in [1.165, 1.54) is 25.8 Å². The molecule has 0 radical (unpaired) electrons. The van der Waals surface area contributed by atoms with Crippen LogP contribution in [0.4, 0.5) is 0 Å². The summed E-state index contributed by atoms with van der Waals surface area (Å²) in [5.41, 5.74) is 0. The van der Waals surface area contributed by atoms with Crippen molar-refractivity contribution in [3.63, 3.8) is 0 Å². The second-order valence-electron chi connectivity index (χ2n) is 4.82. The van der Waals surface area contributed by atoms with Crippen molar-refractivity contribution >= 4 is 0 Å². The average molecular weight is 240 g/mol. The molecule has 2 atom stereocenters. The minimum absolute atomic E-state index is 0.352. The van der Waals surface area contributed by atoms with Crippen molar-refractivity contribution in [1.82, 2.24) is 10.2 Å². The van der Waals surface area contributed by atoms with Crippen LogP contribution in [0.1, 0.15) is 32.6 Å². The molecule has 0 aliphatic carbocycles. The fraction of sp³-hybridized carbons (Fsp3) is 0.857. The van der Waals surface area contributed by atoms with Crippen LogP contribution in [0.5, 0.6) is 0 Å². The number of hydrogen-bond donors (Lipinski definition) is 1. The maximum atomic E-state index is 5.91. The predicted octanol–water partition coefficient (Wildman–Crippen LogP) is 2.04. The Kier molecular flexibility index (Phi) is 7.49. The lowest BCUT2D eigenvalue weighted by atomic mass is 10.0. The van der Waals surface area contributed by atoms with Gasteiger partial charge in [0.25, 0.3) is 0 Å². The molecule has 0 aromatic heterocycles. The highest BCUT2D eigenvalue weighted by molar-refractivity contribution is 4.83. The van der Waals surface area contributed by atoms with Crippen LogP contribution in [-0.4, -0.2) is 50.3 Å². The van der Waals surface area contributed by atoms with E-state index in [2.05, 4.69) is 23.7 Å².